The number of carbonyl (C=O) groups excluding carboxylic acids is 1. The van der Waals surface area contributed by atoms with Gasteiger partial charge >= 0.3 is 0 Å². The normalized spacial score (nSPS) is 18.6. The van der Waals surface area contributed by atoms with E-state index in [1.54, 1.807) is 25.2 Å². The van der Waals surface area contributed by atoms with Gasteiger partial charge in [-0.2, -0.15) is 18.5 Å². The monoisotopic (exact) mass is 451 g/mol. The number of hydrogen-bond donors (Lipinski definition) is 1. The highest BCUT2D eigenvalue weighted by Crippen LogP contribution is 2.38. The lowest BCUT2D eigenvalue weighted by atomic mass is 10.1. The van der Waals surface area contributed by atoms with Crippen LogP contribution in [0, 0.1) is 0 Å². The minimum absolute atomic E-state index is 0.252. The van der Waals surface area contributed by atoms with Crippen molar-refractivity contribution >= 4 is 33.1 Å². The molecular formula is C23H21N3O5S. The van der Waals surface area contributed by atoms with Crippen LogP contribution in [0.25, 0.3) is 0 Å². The first-order chi connectivity index (χ1) is 15.3. The predicted molar refractivity (Wildman–Crippen MR) is 122 cm³/mol. The Morgan fingerprint density at radius 3 is 2.44 bits per heavy atom. The Morgan fingerprint density at radius 2 is 1.75 bits per heavy atom. The van der Waals surface area contributed by atoms with E-state index in [0.717, 1.165) is 18.0 Å². The maximum atomic E-state index is 12.8. The fourth-order valence-electron chi connectivity index (χ4n) is 3.44. The summed E-state index contributed by atoms with van der Waals surface area (Å²) in [5.41, 5.74) is 2.36. The summed E-state index contributed by atoms with van der Waals surface area (Å²) in [5.74, 6) is 1.17. The van der Waals surface area contributed by atoms with E-state index in [1.165, 1.54) is 29.3 Å². The number of hydrazone groups is 1. The second-order valence-electron chi connectivity index (χ2n) is 7.06. The number of ether oxygens (including phenoxy) is 1. The summed E-state index contributed by atoms with van der Waals surface area (Å²) < 4.78 is 37.4. The van der Waals surface area contributed by atoms with Crippen molar-refractivity contribution in [2.75, 3.05) is 16.5 Å². The molecule has 0 saturated heterocycles. The summed E-state index contributed by atoms with van der Waals surface area (Å²) in [4.78, 5) is 14.6. The highest BCUT2D eigenvalue weighted by atomic mass is 32.2. The minimum atomic E-state index is -4.30. The Hall–Kier alpha value is -3.69. The van der Waals surface area contributed by atoms with Crippen LogP contribution in [0.2, 0.25) is 0 Å². The third kappa shape index (κ3) is 4.08. The fourth-order valence-corrected chi connectivity index (χ4v) is 3.92. The van der Waals surface area contributed by atoms with Crippen LogP contribution in [0.3, 0.4) is 0 Å². The highest BCUT2D eigenvalue weighted by Gasteiger charge is 2.28. The molecule has 0 atom stereocenters. The Bertz CT molecular complexity index is 1290. The Morgan fingerprint density at radius 1 is 1.06 bits per heavy atom. The summed E-state index contributed by atoms with van der Waals surface area (Å²) >= 11 is 0. The molecule has 0 aromatic heterocycles. The van der Waals surface area contributed by atoms with Gasteiger partial charge < -0.3 is 9.64 Å². The van der Waals surface area contributed by atoms with Crippen molar-refractivity contribution in [2.24, 2.45) is 5.10 Å². The van der Waals surface area contributed by atoms with Crippen LogP contribution < -0.4 is 14.6 Å². The molecule has 164 valence electrons. The Labute approximate surface area is 186 Å². The molecule has 0 radical (unpaired) electrons. The molecule has 0 saturated carbocycles. The maximum absolute atomic E-state index is 12.8. The van der Waals surface area contributed by atoms with Crippen LogP contribution >= 0.6 is 0 Å². The van der Waals surface area contributed by atoms with Crippen LogP contribution in [-0.4, -0.2) is 31.1 Å². The number of benzene rings is 2. The van der Waals surface area contributed by atoms with Gasteiger partial charge in [0.1, 0.15) is 0 Å². The van der Waals surface area contributed by atoms with E-state index in [0.29, 0.717) is 22.9 Å². The summed E-state index contributed by atoms with van der Waals surface area (Å²) in [7, 11) is -4.30. The molecule has 4 rings (SSSR count). The molecule has 2 aliphatic rings. The quantitative estimate of drug-likeness (QED) is 0.547. The van der Waals surface area contributed by atoms with Crippen molar-refractivity contribution in [3.05, 3.63) is 84.3 Å². The second kappa shape index (κ2) is 8.45. The van der Waals surface area contributed by atoms with Crippen molar-refractivity contribution in [3.8, 4) is 5.75 Å². The topological polar surface area (TPSA) is 99.5 Å². The average Bonchev–Trinajstić information content (AvgIpc) is 3.27. The predicted octanol–water partition coefficient (Wildman–Crippen LogP) is 3.90. The molecule has 2 aromatic rings. The molecule has 2 aliphatic heterocycles. The third-order valence-corrected chi connectivity index (χ3v) is 5.88. The highest BCUT2D eigenvalue weighted by molar-refractivity contribution is 7.85. The van der Waals surface area contributed by atoms with Crippen molar-refractivity contribution < 1.29 is 22.5 Å². The molecule has 0 unspecified atom stereocenters. The number of carbonyl (C=O) groups is 1. The van der Waals surface area contributed by atoms with Crippen LogP contribution in [-0.2, 0) is 14.9 Å². The average molecular weight is 452 g/mol. The lowest BCUT2D eigenvalue weighted by Gasteiger charge is -2.14. The minimum Gasteiger partial charge on any atom is -0.439 e. The number of para-hydroxylation sites is 2. The number of hydrogen-bond acceptors (Lipinski definition) is 6. The van der Waals surface area contributed by atoms with Gasteiger partial charge in [0.25, 0.3) is 16.0 Å². The number of amides is 1. The molecule has 1 N–H and O–H groups in total. The van der Waals surface area contributed by atoms with Crippen molar-refractivity contribution in [1.82, 2.24) is 0 Å². The smallest absolute Gasteiger partial charge is 0.294 e. The molecular weight excluding hydrogens is 430 g/mol. The van der Waals surface area contributed by atoms with Crippen molar-refractivity contribution in [3.63, 3.8) is 0 Å². The fraction of sp³-hybridized carbons (Fsp3) is 0.130. The van der Waals surface area contributed by atoms with Gasteiger partial charge in [-0.25, -0.2) is 0 Å². The number of rotatable bonds is 5. The Kier molecular flexibility index (Phi) is 5.68. The molecule has 2 aromatic carbocycles. The van der Waals surface area contributed by atoms with Crippen molar-refractivity contribution in [1.29, 1.82) is 0 Å². The summed E-state index contributed by atoms with van der Waals surface area (Å²) in [6, 6.07) is 13.1. The van der Waals surface area contributed by atoms with E-state index in [4.69, 9.17) is 9.29 Å². The van der Waals surface area contributed by atoms with E-state index in [1.807, 2.05) is 37.3 Å². The van der Waals surface area contributed by atoms with E-state index in [2.05, 4.69) is 10.0 Å². The molecule has 2 heterocycles. The van der Waals surface area contributed by atoms with Gasteiger partial charge in [0.15, 0.2) is 5.75 Å². The third-order valence-electron chi connectivity index (χ3n) is 5.01. The van der Waals surface area contributed by atoms with Crippen molar-refractivity contribution in [2.45, 2.75) is 18.7 Å². The Balaban J connectivity index is 1.50. The standard InChI is InChI=1S/C23H21N3O5S/c1-3-25-20-9-5-6-10-21(20)31-22(25)11-7-4-8-19-16(2)24-26(23(19)27)17-12-14-18(15-13-17)32(28,29)30/h4-15H,3H2,1-2H3,(H,28,29,30)/b7-4+,19-8-,22-11-. The molecule has 9 heteroatoms. The zero-order valence-electron chi connectivity index (χ0n) is 17.5. The molecule has 1 amide bonds. The zero-order valence-corrected chi connectivity index (χ0v) is 18.3. The summed E-state index contributed by atoms with van der Waals surface area (Å²) in [5, 5.41) is 5.45. The number of allylic oxidation sites excluding steroid dienone is 4. The molecule has 0 fully saturated rings. The lowest BCUT2D eigenvalue weighted by Crippen LogP contribution is -2.21. The molecule has 0 bridgehead atoms. The zero-order chi connectivity index (χ0) is 22.9. The number of nitrogens with zero attached hydrogens (tertiary/aromatic N) is 3. The van der Waals surface area contributed by atoms with E-state index >= 15 is 0 Å². The van der Waals surface area contributed by atoms with Gasteiger partial charge in [0, 0.05) is 6.54 Å². The molecule has 32 heavy (non-hydrogen) atoms. The first-order valence-corrected chi connectivity index (χ1v) is 11.3. The van der Waals surface area contributed by atoms with Gasteiger partial charge in [0.2, 0.25) is 5.88 Å². The summed E-state index contributed by atoms with van der Waals surface area (Å²) in [6.07, 6.45) is 7.03. The van der Waals surface area contributed by atoms with Crippen LogP contribution in [0.4, 0.5) is 11.4 Å². The molecule has 0 aliphatic carbocycles. The van der Waals surface area contributed by atoms with Gasteiger partial charge in [-0.05, 0) is 62.4 Å². The first-order valence-electron chi connectivity index (χ1n) is 9.90. The van der Waals surface area contributed by atoms with Crippen LogP contribution in [0.1, 0.15) is 13.8 Å². The molecule has 8 nitrogen and oxygen atoms in total. The number of fused-ring (bicyclic) bond motifs is 1. The summed E-state index contributed by atoms with van der Waals surface area (Å²) in [6.45, 7) is 4.52. The van der Waals surface area contributed by atoms with Crippen LogP contribution in [0.5, 0.6) is 5.75 Å². The van der Waals surface area contributed by atoms with Gasteiger partial charge in [-0.15, -0.1) is 0 Å². The second-order valence-corrected chi connectivity index (χ2v) is 8.48. The van der Waals surface area contributed by atoms with E-state index < -0.39 is 10.1 Å². The van der Waals surface area contributed by atoms with E-state index in [9.17, 15) is 13.2 Å². The van der Waals surface area contributed by atoms with E-state index in [-0.39, 0.29) is 10.8 Å². The van der Waals surface area contributed by atoms with Gasteiger partial charge in [0.05, 0.1) is 27.6 Å². The van der Waals surface area contributed by atoms with Crippen LogP contribution in [0.15, 0.2) is 94.3 Å². The SMILES string of the molecule is CCN1/C(=C/C=C/C=C2\C(=O)N(c3ccc(S(=O)(=O)O)cc3)N=C2C)Oc2ccccc21. The number of anilines is 2. The molecule has 0 spiro atoms. The first kappa shape index (κ1) is 21.5. The van der Waals surface area contributed by atoms with Gasteiger partial charge in [-0.1, -0.05) is 24.3 Å². The lowest BCUT2D eigenvalue weighted by molar-refractivity contribution is -0.114. The van der Waals surface area contributed by atoms with Gasteiger partial charge in [-0.3, -0.25) is 9.35 Å². The maximum Gasteiger partial charge on any atom is 0.294 e. The largest absolute Gasteiger partial charge is 0.439 e.